The van der Waals surface area contributed by atoms with Crippen LogP contribution in [0.1, 0.15) is 39.5 Å². The van der Waals surface area contributed by atoms with Crippen LogP contribution in [0, 0.1) is 23.7 Å². The van der Waals surface area contributed by atoms with Crippen LogP contribution in [-0.4, -0.2) is 11.6 Å². The highest BCUT2D eigenvalue weighted by Crippen LogP contribution is 1.87. The van der Waals surface area contributed by atoms with Crippen molar-refractivity contribution < 1.29 is 9.59 Å². The minimum atomic E-state index is -0.121. The minimum Gasteiger partial charge on any atom is -0.285 e. The molecule has 0 radical (unpaired) electrons. The molecule has 0 atom stereocenters. The lowest BCUT2D eigenvalue weighted by Crippen LogP contribution is -1.91. The van der Waals surface area contributed by atoms with Crippen molar-refractivity contribution in [1.82, 2.24) is 0 Å². The molecule has 2 nitrogen and oxygen atoms in total. The topological polar surface area (TPSA) is 34.1 Å². The first-order valence-electron chi connectivity index (χ1n) is 4.78. The molecular formula is C12H14O2. The van der Waals surface area contributed by atoms with Crippen LogP contribution >= 0.6 is 0 Å². The summed E-state index contributed by atoms with van der Waals surface area (Å²) < 4.78 is 0. The maximum atomic E-state index is 10.9. The first kappa shape index (κ1) is 12.5. The molecule has 0 bridgehead atoms. The molecule has 0 spiro atoms. The van der Waals surface area contributed by atoms with Gasteiger partial charge in [0.1, 0.15) is 0 Å². The van der Waals surface area contributed by atoms with E-state index in [1.165, 1.54) is 0 Å². The van der Waals surface area contributed by atoms with Crippen molar-refractivity contribution in [3.8, 4) is 23.7 Å². The average Bonchev–Trinajstić information content (AvgIpc) is 2.13. The fourth-order valence-electron chi connectivity index (χ4n) is 0.781. The summed E-state index contributed by atoms with van der Waals surface area (Å²) in [5, 5.41) is 0. The number of ketones is 2. The van der Waals surface area contributed by atoms with Gasteiger partial charge in [-0.2, -0.15) is 0 Å². The third kappa shape index (κ3) is 7.13. The van der Waals surface area contributed by atoms with Gasteiger partial charge in [-0.05, 0) is 36.5 Å². The predicted molar refractivity (Wildman–Crippen MR) is 55.4 cm³/mol. The Morgan fingerprint density at radius 3 is 1.50 bits per heavy atom. The third-order valence-corrected chi connectivity index (χ3v) is 1.42. The molecule has 0 N–H and O–H groups in total. The van der Waals surface area contributed by atoms with Crippen molar-refractivity contribution >= 4 is 11.6 Å². The van der Waals surface area contributed by atoms with Crippen molar-refractivity contribution in [3.63, 3.8) is 0 Å². The van der Waals surface area contributed by atoms with E-state index >= 15 is 0 Å². The van der Waals surface area contributed by atoms with Crippen LogP contribution in [0.15, 0.2) is 0 Å². The van der Waals surface area contributed by atoms with E-state index in [1.54, 1.807) is 0 Å². The van der Waals surface area contributed by atoms with E-state index in [2.05, 4.69) is 23.7 Å². The summed E-state index contributed by atoms with van der Waals surface area (Å²) in [6.07, 6.45) is 2.49. The zero-order valence-corrected chi connectivity index (χ0v) is 8.64. The van der Waals surface area contributed by atoms with Crippen molar-refractivity contribution in [2.45, 2.75) is 39.5 Å². The number of carbonyl (C=O) groups excluding carboxylic acids is 2. The predicted octanol–water partition coefficient (Wildman–Crippen LogP) is 1.73. The summed E-state index contributed by atoms with van der Waals surface area (Å²) >= 11 is 0. The Labute approximate surface area is 85.1 Å². The molecule has 74 valence electrons. The largest absolute Gasteiger partial charge is 0.285 e. The van der Waals surface area contributed by atoms with Gasteiger partial charge in [0.05, 0.1) is 0 Å². The van der Waals surface area contributed by atoms with Crippen molar-refractivity contribution in [1.29, 1.82) is 0 Å². The highest BCUT2D eigenvalue weighted by molar-refractivity contribution is 5.98. The van der Waals surface area contributed by atoms with Gasteiger partial charge in [-0.25, -0.2) is 0 Å². The number of carbonyl (C=O) groups is 2. The number of Topliss-reactive ketones (excluding diaryl/α,β-unsaturated/α-hetero) is 2. The molecule has 0 aliphatic heterocycles. The van der Waals surface area contributed by atoms with Gasteiger partial charge in [-0.3, -0.25) is 9.59 Å². The van der Waals surface area contributed by atoms with Crippen LogP contribution in [0.5, 0.6) is 0 Å². The minimum absolute atomic E-state index is 0.121. The number of rotatable bonds is 4. The summed E-state index contributed by atoms with van der Waals surface area (Å²) in [6.45, 7) is 3.83. The van der Waals surface area contributed by atoms with Gasteiger partial charge >= 0.3 is 0 Å². The van der Waals surface area contributed by atoms with E-state index in [0.29, 0.717) is 12.8 Å². The Hall–Kier alpha value is -1.54. The van der Waals surface area contributed by atoms with Crippen LogP contribution < -0.4 is 0 Å². The van der Waals surface area contributed by atoms with Gasteiger partial charge in [0.25, 0.3) is 0 Å². The zero-order valence-electron chi connectivity index (χ0n) is 8.64. The molecule has 2 heteroatoms. The summed E-state index contributed by atoms with van der Waals surface area (Å²) in [4.78, 5) is 21.8. The lowest BCUT2D eigenvalue weighted by atomic mass is 10.2. The second-order valence-electron chi connectivity index (χ2n) is 2.85. The lowest BCUT2D eigenvalue weighted by Gasteiger charge is -1.82. The Kier molecular flexibility index (Phi) is 7.19. The highest BCUT2D eigenvalue weighted by Gasteiger charge is 1.92. The Morgan fingerprint density at radius 2 is 1.21 bits per heavy atom. The molecule has 0 amide bonds. The average molecular weight is 190 g/mol. The van der Waals surface area contributed by atoms with Crippen molar-refractivity contribution in [3.05, 3.63) is 0 Å². The molecule has 0 heterocycles. The molecule has 0 aliphatic carbocycles. The quantitative estimate of drug-likeness (QED) is 0.499. The van der Waals surface area contributed by atoms with Gasteiger partial charge in [0.2, 0.25) is 11.6 Å². The normalized spacial score (nSPS) is 7.86. The van der Waals surface area contributed by atoms with E-state index in [0.717, 1.165) is 12.8 Å². The van der Waals surface area contributed by atoms with E-state index in [9.17, 15) is 9.59 Å². The number of hydrogen-bond acceptors (Lipinski definition) is 2. The molecule has 0 fully saturated rings. The Balaban J connectivity index is 4.01. The van der Waals surface area contributed by atoms with Gasteiger partial charge in [-0.1, -0.05) is 13.8 Å². The summed E-state index contributed by atoms with van der Waals surface area (Å²) in [5.41, 5.74) is 0. The number of hydrogen-bond donors (Lipinski definition) is 0. The first-order valence-corrected chi connectivity index (χ1v) is 4.78. The second-order valence-corrected chi connectivity index (χ2v) is 2.85. The third-order valence-electron chi connectivity index (χ3n) is 1.42. The molecule has 0 aliphatic rings. The molecule has 0 unspecified atom stereocenters. The Bertz CT molecular complexity index is 284. The van der Waals surface area contributed by atoms with Crippen LogP contribution in [-0.2, 0) is 9.59 Å². The lowest BCUT2D eigenvalue weighted by molar-refractivity contribution is -0.114. The van der Waals surface area contributed by atoms with E-state index in [1.807, 2.05) is 13.8 Å². The van der Waals surface area contributed by atoms with Crippen molar-refractivity contribution in [2.24, 2.45) is 0 Å². The van der Waals surface area contributed by atoms with Gasteiger partial charge in [-0.15, -0.1) is 0 Å². The SMILES string of the molecule is CCCC(=O)C#CC#CC(=O)CCC. The highest BCUT2D eigenvalue weighted by atomic mass is 16.1. The molecule has 0 aromatic heterocycles. The molecule has 14 heavy (non-hydrogen) atoms. The standard InChI is InChI=1S/C12H14O2/c1-3-7-11(13)9-5-6-10-12(14)8-4-2/h3-4,7-8H2,1-2H3. The van der Waals surface area contributed by atoms with E-state index in [-0.39, 0.29) is 11.6 Å². The molecule has 0 saturated carbocycles. The molecule has 0 rings (SSSR count). The Morgan fingerprint density at radius 1 is 0.857 bits per heavy atom. The van der Waals surface area contributed by atoms with Crippen LogP contribution in [0.4, 0.5) is 0 Å². The fourth-order valence-corrected chi connectivity index (χ4v) is 0.781. The summed E-state index contributed by atoms with van der Waals surface area (Å²) in [7, 11) is 0. The van der Waals surface area contributed by atoms with E-state index < -0.39 is 0 Å². The fraction of sp³-hybridized carbons (Fsp3) is 0.500. The van der Waals surface area contributed by atoms with Crippen molar-refractivity contribution in [2.75, 3.05) is 0 Å². The van der Waals surface area contributed by atoms with Crippen LogP contribution in [0.25, 0.3) is 0 Å². The second kappa shape index (κ2) is 8.08. The van der Waals surface area contributed by atoms with Gasteiger partial charge in [0.15, 0.2) is 0 Å². The molecule has 0 saturated heterocycles. The van der Waals surface area contributed by atoms with Crippen LogP contribution in [0.3, 0.4) is 0 Å². The maximum Gasteiger partial charge on any atom is 0.206 e. The molecule has 0 aromatic carbocycles. The van der Waals surface area contributed by atoms with Gasteiger partial charge < -0.3 is 0 Å². The molecule has 0 aromatic rings. The van der Waals surface area contributed by atoms with Crippen LogP contribution in [0.2, 0.25) is 0 Å². The smallest absolute Gasteiger partial charge is 0.206 e. The zero-order chi connectivity index (χ0) is 10.8. The molecular weight excluding hydrogens is 176 g/mol. The monoisotopic (exact) mass is 190 g/mol. The van der Waals surface area contributed by atoms with Gasteiger partial charge in [0, 0.05) is 12.8 Å². The van der Waals surface area contributed by atoms with E-state index in [4.69, 9.17) is 0 Å². The summed E-state index contributed by atoms with van der Waals surface area (Å²) in [6, 6.07) is 0. The maximum absolute atomic E-state index is 10.9. The first-order chi connectivity index (χ1) is 6.70. The summed E-state index contributed by atoms with van der Waals surface area (Å²) in [5.74, 6) is 9.25.